The number of rotatable bonds is 9. The summed E-state index contributed by atoms with van der Waals surface area (Å²) < 4.78 is 5.35. The molecule has 1 aromatic heterocycles. The van der Waals surface area contributed by atoms with Crippen LogP contribution in [0.15, 0.2) is 6.07 Å². The number of ether oxygens (including phenoxy) is 1. The average molecular weight is 266 g/mol. The molecule has 1 rings (SSSR count). The van der Waals surface area contributed by atoms with E-state index < -0.39 is 0 Å². The van der Waals surface area contributed by atoms with Crippen LogP contribution in [-0.2, 0) is 11.3 Å². The Bertz CT molecular complexity index is 370. The van der Waals surface area contributed by atoms with Gasteiger partial charge in [0.1, 0.15) is 11.6 Å². The van der Waals surface area contributed by atoms with E-state index in [4.69, 9.17) is 4.74 Å². The van der Waals surface area contributed by atoms with Gasteiger partial charge >= 0.3 is 0 Å². The molecule has 0 aliphatic heterocycles. The summed E-state index contributed by atoms with van der Waals surface area (Å²) in [6.07, 6.45) is 1.09. The van der Waals surface area contributed by atoms with Crippen molar-refractivity contribution in [3.8, 4) is 0 Å². The highest BCUT2D eigenvalue weighted by Gasteiger charge is 2.05. The van der Waals surface area contributed by atoms with E-state index in [0.717, 1.165) is 56.6 Å². The smallest absolute Gasteiger partial charge is 0.144 e. The minimum atomic E-state index is 0.746. The summed E-state index contributed by atoms with van der Waals surface area (Å²) in [6.45, 7) is 10.2. The molecular weight excluding hydrogens is 240 g/mol. The first-order chi connectivity index (χ1) is 9.15. The van der Waals surface area contributed by atoms with Crippen LogP contribution in [0.1, 0.15) is 31.8 Å². The number of nitrogens with zero attached hydrogens (tertiary/aromatic N) is 3. The summed E-state index contributed by atoms with van der Waals surface area (Å²) in [6, 6.07) is 1.99. The van der Waals surface area contributed by atoms with E-state index in [-0.39, 0.29) is 0 Å². The van der Waals surface area contributed by atoms with Crippen molar-refractivity contribution >= 4 is 5.82 Å². The van der Waals surface area contributed by atoms with Crippen LogP contribution < -0.4 is 5.32 Å². The molecule has 19 heavy (non-hydrogen) atoms. The second-order valence-corrected chi connectivity index (χ2v) is 4.67. The summed E-state index contributed by atoms with van der Waals surface area (Å²) >= 11 is 0. The molecule has 0 unspecified atom stereocenters. The van der Waals surface area contributed by atoms with Crippen molar-refractivity contribution in [2.24, 2.45) is 0 Å². The predicted molar refractivity (Wildman–Crippen MR) is 78.4 cm³/mol. The second kappa shape index (κ2) is 8.82. The molecule has 0 fully saturated rings. The molecule has 0 saturated carbocycles. The standard InChI is InChI=1S/C14H26N4O/c1-5-7-15-13-10-12(3)16-14(17-13)11-18(4)8-9-19-6-2/h10H,5-9,11H2,1-4H3,(H,15,16,17). The maximum Gasteiger partial charge on any atom is 0.144 e. The number of likely N-dealkylation sites (N-methyl/N-ethyl adjacent to an activating group) is 1. The van der Waals surface area contributed by atoms with Crippen LogP contribution in [-0.4, -0.2) is 48.2 Å². The Labute approximate surface area is 116 Å². The highest BCUT2D eigenvalue weighted by molar-refractivity contribution is 5.35. The molecular formula is C14H26N4O. The van der Waals surface area contributed by atoms with Gasteiger partial charge in [0.25, 0.3) is 0 Å². The van der Waals surface area contributed by atoms with Crippen molar-refractivity contribution in [2.75, 3.05) is 38.7 Å². The first kappa shape index (κ1) is 15.9. The average Bonchev–Trinajstić information content (AvgIpc) is 2.36. The Morgan fingerprint density at radius 3 is 2.79 bits per heavy atom. The van der Waals surface area contributed by atoms with E-state index in [1.807, 2.05) is 19.9 Å². The fourth-order valence-corrected chi connectivity index (χ4v) is 1.73. The summed E-state index contributed by atoms with van der Waals surface area (Å²) in [5, 5.41) is 3.31. The van der Waals surface area contributed by atoms with Crippen LogP contribution in [0.4, 0.5) is 5.82 Å². The molecule has 1 N–H and O–H groups in total. The topological polar surface area (TPSA) is 50.3 Å². The van der Waals surface area contributed by atoms with Gasteiger partial charge < -0.3 is 10.1 Å². The van der Waals surface area contributed by atoms with Gasteiger partial charge in [0, 0.05) is 31.5 Å². The van der Waals surface area contributed by atoms with Gasteiger partial charge in [-0.25, -0.2) is 9.97 Å². The van der Waals surface area contributed by atoms with Crippen molar-refractivity contribution in [1.29, 1.82) is 0 Å². The maximum absolute atomic E-state index is 5.35. The quantitative estimate of drug-likeness (QED) is 0.693. The Hall–Kier alpha value is -1.20. The number of anilines is 1. The van der Waals surface area contributed by atoms with Gasteiger partial charge in [-0.2, -0.15) is 0 Å². The van der Waals surface area contributed by atoms with Gasteiger partial charge in [-0.15, -0.1) is 0 Å². The number of hydrogen-bond donors (Lipinski definition) is 1. The lowest BCUT2D eigenvalue weighted by atomic mass is 10.3. The third-order valence-corrected chi connectivity index (χ3v) is 2.69. The molecule has 0 spiro atoms. The lowest BCUT2D eigenvalue weighted by Crippen LogP contribution is -2.24. The zero-order chi connectivity index (χ0) is 14.1. The normalized spacial score (nSPS) is 11.0. The Kier molecular flexibility index (Phi) is 7.36. The molecule has 1 heterocycles. The molecule has 0 bridgehead atoms. The van der Waals surface area contributed by atoms with E-state index in [1.54, 1.807) is 0 Å². The van der Waals surface area contributed by atoms with E-state index in [0.29, 0.717) is 0 Å². The van der Waals surface area contributed by atoms with Crippen molar-refractivity contribution in [2.45, 2.75) is 33.7 Å². The van der Waals surface area contributed by atoms with Crippen molar-refractivity contribution in [1.82, 2.24) is 14.9 Å². The lowest BCUT2D eigenvalue weighted by molar-refractivity contribution is 0.119. The first-order valence-electron chi connectivity index (χ1n) is 7.00. The first-order valence-corrected chi connectivity index (χ1v) is 7.00. The summed E-state index contributed by atoms with van der Waals surface area (Å²) in [4.78, 5) is 11.2. The zero-order valence-corrected chi connectivity index (χ0v) is 12.6. The van der Waals surface area contributed by atoms with Crippen LogP contribution >= 0.6 is 0 Å². The maximum atomic E-state index is 5.35. The van der Waals surface area contributed by atoms with Crippen LogP contribution in [0.25, 0.3) is 0 Å². The largest absolute Gasteiger partial charge is 0.380 e. The number of hydrogen-bond acceptors (Lipinski definition) is 5. The van der Waals surface area contributed by atoms with Gasteiger partial charge in [0.05, 0.1) is 13.2 Å². The van der Waals surface area contributed by atoms with E-state index in [1.165, 1.54) is 0 Å². The molecule has 0 saturated heterocycles. The molecule has 5 heteroatoms. The third-order valence-electron chi connectivity index (χ3n) is 2.69. The fraction of sp³-hybridized carbons (Fsp3) is 0.714. The van der Waals surface area contributed by atoms with Crippen molar-refractivity contribution in [3.63, 3.8) is 0 Å². The SMILES string of the molecule is CCCNc1cc(C)nc(CN(C)CCOCC)n1. The van der Waals surface area contributed by atoms with Gasteiger partial charge in [-0.3, -0.25) is 4.90 Å². The highest BCUT2D eigenvalue weighted by atomic mass is 16.5. The molecule has 0 atom stereocenters. The summed E-state index contributed by atoms with van der Waals surface area (Å²) in [5.74, 6) is 1.78. The number of nitrogens with one attached hydrogen (secondary N) is 1. The second-order valence-electron chi connectivity index (χ2n) is 4.67. The van der Waals surface area contributed by atoms with Gasteiger partial charge in [-0.05, 0) is 27.3 Å². The fourth-order valence-electron chi connectivity index (χ4n) is 1.73. The molecule has 0 radical (unpaired) electrons. The van der Waals surface area contributed by atoms with Gasteiger partial charge in [0.15, 0.2) is 0 Å². The van der Waals surface area contributed by atoms with Crippen molar-refractivity contribution in [3.05, 3.63) is 17.6 Å². The Balaban J connectivity index is 2.54. The molecule has 5 nitrogen and oxygen atoms in total. The van der Waals surface area contributed by atoms with Gasteiger partial charge in [-0.1, -0.05) is 6.92 Å². The molecule has 108 valence electrons. The highest BCUT2D eigenvalue weighted by Crippen LogP contribution is 2.07. The number of aromatic nitrogens is 2. The molecule has 1 aromatic rings. The molecule has 0 aromatic carbocycles. The molecule has 0 aliphatic carbocycles. The van der Waals surface area contributed by atoms with Crippen LogP contribution in [0.5, 0.6) is 0 Å². The molecule has 0 aliphatic rings. The monoisotopic (exact) mass is 266 g/mol. The van der Waals surface area contributed by atoms with E-state index in [9.17, 15) is 0 Å². The van der Waals surface area contributed by atoms with Crippen LogP contribution in [0.2, 0.25) is 0 Å². The number of aryl methyl sites for hydroxylation is 1. The summed E-state index contributed by atoms with van der Waals surface area (Å²) in [5.41, 5.74) is 1.00. The minimum absolute atomic E-state index is 0.746. The van der Waals surface area contributed by atoms with Crippen LogP contribution in [0.3, 0.4) is 0 Å². The van der Waals surface area contributed by atoms with E-state index >= 15 is 0 Å². The minimum Gasteiger partial charge on any atom is -0.380 e. The Morgan fingerprint density at radius 1 is 1.32 bits per heavy atom. The van der Waals surface area contributed by atoms with Crippen LogP contribution in [0, 0.1) is 6.92 Å². The Morgan fingerprint density at radius 2 is 2.11 bits per heavy atom. The molecule has 0 amide bonds. The van der Waals surface area contributed by atoms with Gasteiger partial charge in [0.2, 0.25) is 0 Å². The van der Waals surface area contributed by atoms with E-state index in [2.05, 4.69) is 34.2 Å². The third kappa shape index (κ3) is 6.50. The predicted octanol–water partition coefficient (Wildman–Crippen LogP) is 2.08. The van der Waals surface area contributed by atoms with Crippen molar-refractivity contribution < 1.29 is 4.74 Å². The summed E-state index contributed by atoms with van der Waals surface area (Å²) in [7, 11) is 2.06. The lowest BCUT2D eigenvalue weighted by Gasteiger charge is -2.16. The zero-order valence-electron chi connectivity index (χ0n) is 12.6.